The molecule has 3 rings (SSSR count). The average Bonchev–Trinajstić information content (AvgIpc) is 2.64. The number of para-hydroxylation sites is 1. The molecule has 1 fully saturated rings. The molecule has 1 heterocycles. The van der Waals surface area contributed by atoms with Crippen LogP contribution in [-0.4, -0.2) is 40.7 Å². The van der Waals surface area contributed by atoms with E-state index in [4.69, 9.17) is 10.8 Å². The van der Waals surface area contributed by atoms with Crippen molar-refractivity contribution in [3.8, 4) is 0 Å². The lowest BCUT2D eigenvalue weighted by Gasteiger charge is -2.26. The molecule has 134 valence electrons. The van der Waals surface area contributed by atoms with Gasteiger partial charge < -0.3 is 21.5 Å². The number of benzene rings is 1. The first-order valence-electron chi connectivity index (χ1n) is 8.82. The molecule has 0 spiro atoms. The molecule has 1 aromatic heterocycles. The molecule has 0 saturated heterocycles. The number of nitrogens with zero attached hydrogens (tertiary/aromatic N) is 2. The van der Waals surface area contributed by atoms with Crippen molar-refractivity contribution in [3.05, 3.63) is 24.3 Å². The van der Waals surface area contributed by atoms with Gasteiger partial charge in [-0.05, 0) is 43.7 Å². The summed E-state index contributed by atoms with van der Waals surface area (Å²) in [5.41, 5.74) is 6.25. The highest BCUT2D eigenvalue weighted by Gasteiger charge is 2.24. The van der Waals surface area contributed by atoms with Gasteiger partial charge in [0, 0.05) is 24.4 Å². The normalized spacial score (nSPS) is 20.4. The second-order valence-electron chi connectivity index (χ2n) is 6.56. The maximum atomic E-state index is 11.3. The Labute approximate surface area is 147 Å². The summed E-state index contributed by atoms with van der Waals surface area (Å²) in [5, 5.41) is 16.5. The van der Waals surface area contributed by atoms with Crippen LogP contribution in [0.15, 0.2) is 24.3 Å². The lowest BCUT2D eigenvalue weighted by Crippen LogP contribution is -2.29. The molecule has 25 heavy (non-hydrogen) atoms. The number of carbonyl (C=O) groups excluding carboxylic acids is 1. The van der Waals surface area contributed by atoms with Crippen LogP contribution in [0.4, 0.5) is 11.8 Å². The van der Waals surface area contributed by atoms with Crippen molar-refractivity contribution in [1.82, 2.24) is 9.97 Å². The highest BCUT2D eigenvalue weighted by molar-refractivity contribution is 5.90. The molecular formula is C18H25N5O2. The van der Waals surface area contributed by atoms with Gasteiger partial charge in [0.15, 0.2) is 0 Å². The summed E-state index contributed by atoms with van der Waals surface area (Å²) in [6.45, 7) is 1.27. The van der Waals surface area contributed by atoms with Gasteiger partial charge in [-0.15, -0.1) is 0 Å². The smallest absolute Gasteiger partial charge is 0.225 e. The van der Waals surface area contributed by atoms with Crippen LogP contribution in [0.1, 0.15) is 25.7 Å². The van der Waals surface area contributed by atoms with Gasteiger partial charge in [-0.25, -0.2) is 4.98 Å². The summed E-state index contributed by atoms with van der Waals surface area (Å²) < 4.78 is 0. The van der Waals surface area contributed by atoms with Crippen LogP contribution in [0.3, 0.4) is 0 Å². The molecule has 2 aromatic rings. The van der Waals surface area contributed by atoms with Crippen molar-refractivity contribution in [2.45, 2.75) is 25.7 Å². The topological polar surface area (TPSA) is 113 Å². The average molecular weight is 343 g/mol. The number of rotatable bonds is 7. The maximum Gasteiger partial charge on any atom is 0.225 e. The maximum absolute atomic E-state index is 11.3. The quantitative estimate of drug-likeness (QED) is 0.609. The zero-order valence-electron chi connectivity index (χ0n) is 14.2. The van der Waals surface area contributed by atoms with Crippen LogP contribution >= 0.6 is 0 Å². The van der Waals surface area contributed by atoms with Gasteiger partial charge in [0.05, 0.1) is 12.1 Å². The summed E-state index contributed by atoms with van der Waals surface area (Å²) in [5.74, 6) is 1.65. The Morgan fingerprint density at radius 3 is 2.64 bits per heavy atom. The Morgan fingerprint density at radius 2 is 1.92 bits per heavy atom. The predicted octanol–water partition coefficient (Wildman–Crippen LogP) is 1.74. The Hall–Kier alpha value is -2.41. The fourth-order valence-electron chi connectivity index (χ4n) is 3.35. The third-order valence-corrected chi connectivity index (χ3v) is 4.81. The molecule has 0 atom stereocenters. The molecule has 0 unspecified atom stereocenters. The van der Waals surface area contributed by atoms with E-state index < -0.39 is 0 Å². The number of nitrogens with one attached hydrogen (secondary N) is 2. The minimum absolute atomic E-state index is 0.0300. The molecule has 1 aliphatic carbocycles. The molecule has 1 aliphatic rings. The summed E-state index contributed by atoms with van der Waals surface area (Å²) in [6, 6.07) is 7.80. The van der Waals surface area contributed by atoms with Crippen LogP contribution < -0.4 is 16.4 Å². The third-order valence-electron chi connectivity index (χ3n) is 4.81. The number of fused-ring (bicyclic) bond motifs is 1. The van der Waals surface area contributed by atoms with E-state index in [0.29, 0.717) is 18.4 Å². The second-order valence-corrected chi connectivity index (χ2v) is 6.56. The van der Waals surface area contributed by atoms with Gasteiger partial charge in [0.1, 0.15) is 5.82 Å². The highest BCUT2D eigenvalue weighted by atomic mass is 16.3. The van der Waals surface area contributed by atoms with E-state index in [-0.39, 0.29) is 18.4 Å². The number of nitrogens with two attached hydrogens (primary N) is 1. The SMILES string of the molecule is NC(=O)C1CCC(CNc2nc(NCCO)c3ccccc3n2)CC1. The first-order chi connectivity index (χ1) is 12.2. The number of aromatic nitrogens is 2. The highest BCUT2D eigenvalue weighted by Crippen LogP contribution is 2.29. The Morgan fingerprint density at radius 1 is 1.16 bits per heavy atom. The minimum atomic E-state index is -0.177. The largest absolute Gasteiger partial charge is 0.395 e. The fraction of sp³-hybridized carbons (Fsp3) is 0.500. The summed E-state index contributed by atoms with van der Waals surface area (Å²) in [6.07, 6.45) is 3.71. The molecule has 1 aromatic carbocycles. The van der Waals surface area contributed by atoms with Crippen molar-refractivity contribution in [3.63, 3.8) is 0 Å². The van der Waals surface area contributed by atoms with Gasteiger partial charge in [0.25, 0.3) is 0 Å². The Kier molecular flexibility index (Phi) is 5.65. The van der Waals surface area contributed by atoms with Crippen molar-refractivity contribution < 1.29 is 9.90 Å². The van der Waals surface area contributed by atoms with Gasteiger partial charge in [-0.3, -0.25) is 4.79 Å². The summed E-state index contributed by atoms with van der Waals surface area (Å²) >= 11 is 0. The monoisotopic (exact) mass is 343 g/mol. The van der Waals surface area contributed by atoms with E-state index >= 15 is 0 Å². The zero-order valence-corrected chi connectivity index (χ0v) is 14.2. The fourth-order valence-corrected chi connectivity index (χ4v) is 3.35. The molecule has 5 N–H and O–H groups in total. The molecular weight excluding hydrogens is 318 g/mol. The van der Waals surface area contributed by atoms with E-state index in [2.05, 4.69) is 20.6 Å². The van der Waals surface area contributed by atoms with E-state index in [1.165, 1.54) is 0 Å². The van der Waals surface area contributed by atoms with E-state index in [1.807, 2.05) is 24.3 Å². The molecule has 0 bridgehead atoms. The van der Waals surface area contributed by atoms with Crippen molar-refractivity contribution in [2.75, 3.05) is 30.3 Å². The van der Waals surface area contributed by atoms with Gasteiger partial charge in [0.2, 0.25) is 11.9 Å². The number of primary amides is 1. The number of carbonyl (C=O) groups is 1. The first-order valence-corrected chi connectivity index (χ1v) is 8.82. The molecule has 1 saturated carbocycles. The number of amides is 1. The number of aliphatic hydroxyl groups is 1. The standard InChI is InChI=1S/C18H25N5O2/c19-16(25)13-7-5-12(6-8-13)11-21-18-22-15-4-2-1-3-14(15)17(23-18)20-9-10-24/h1-4,12-13,24H,5-11H2,(H2,19,25)(H2,20,21,22,23). The molecule has 7 heteroatoms. The second kappa shape index (κ2) is 8.11. The van der Waals surface area contributed by atoms with Gasteiger partial charge >= 0.3 is 0 Å². The molecule has 0 radical (unpaired) electrons. The molecule has 1 amide bonds. The lowest BCUT2D eigenvalue weighted by atomic mass is 9.82. The van der Waals surface area contributed by atoms with E-state index in [1.54, 1.807) is 0 Å². The van der Waals surface area contributed by atoms with Crippen LogP contribution in [0.2, 0.25) is 0 Å². The number of hydrogen-bond acceptors (Lipinski definition) is 6. The van der Waals surface area contributed by atoms with Crippen molar-refractivity contribution in [1.29, 1.82) is 0 Å². The van der Waals surface area contributed by atoms with E-state index in [9.17, 15) is 4.79 Å². The van der Waals surface area contributed by atoms with Crippen LogP contribution in [0.5, 0.6) is 0 Å². The Bertz CT molecular complexity index is 728. The van der Waals surface area contributed by atoms with Gasteiger partial charge in [-0.1, -0.05) is 12.1 Å². The van der Waals surface area contributed by atoms with Crippen LogP contribution in [0, 0.1) is 11.8 Å². The first kappa shape index (κ1) is 17.4. The number of aliphatic hydroxyl groups excluding tert-OH is 1. The van der Waals surface area contributed by atoms with Crippen molar-refractivity contribution in [2.24, 2.45) is 17.6 Å². The molecule has 0 aliphatic heterocycles. The van der Waals surface area contributed by atoms with Gasteiger partial charge in [-0.2, -0.15) is 4.98 Å². The lowest BCUT2D eigenvalue weighted by molar-refractivity contribution is -0.122. The predicted molar refractivity (Wildman–Crippen MR) is 98.2 cm³/mol. The number of anilines is 2. The molecule has 7 nitrogen and oxygen atoms in total. The minimum Gasteiger partial charge on any atom is -0.395 e. The zero-order chi connectivity index (χ0) is 17.6. The Balaban J connectivity index is 1.66. The summed E-state index contributed by atoms with van der Waals surface area (Å²) in [4.78, 5) is 20.4. The van der Waals surface area contributed by atoms with Crippen LogP contribution in [-0.2, 0) is 4.79 Å². The van der Waals surface area contributed by atoms with Crippen molar-refractivity contribution >= 4 is 28.6 Å². The third kappa shape index (κ3) is 4.36. The summed E-state index contributed by atoms with van der Waals surface area (Å²) in [7, 11) is 0. The number of hydrogen-bond donors (Lipinski definition) is 4. The van der Waals surface area contributed by atoms with Crippen LogP contribution in [0.25, 0.3) is 10.9 Å². The van der Waals surface area contributed by atoms with E-state index in [0.717, 1.165) is 48.9 Å².